The minimum absolute atomic E-state index is 0.106. The average molecular weight is 343 g/mol. The quantitative estimate of drug-likeness (QED) is 0.538. The summed E-state index contributed by atoms with van der Waals surface area (Å²) >= 11 is 0. The molecule has 5 nitrogen and oxygen atoms in total. The monoisotopic (exact) mass is 343 g/mol. The molecule has 0 aromatic heterocycles. The SMILES string of the molecule is CC(C)CNC(=O)C(C)NC[C@@H](O)[C@@H](N)Cc1cc(F)cc(F)c1. The van der Waals surface area contributed by atoms with Gasteiger partial charge in [0.1, 0.15) is 11.6 Å². The average Bonchev–Trinajstić information content (AvgIpc) is 2.48. The number of hydrogen-bond acceptors (Lipinski definition) is 4. The predicted octanol–water partition coefficient (Wildman–Crippen LogP) is 0.946. The molecule has 136 valence electrons. The third-order valence-corrected chi connectivity index (χ3v) is 3.60. The first-order valence-corrected chi connectivity index (χ1v) is 8.08. The summed E-state index contributed by atoms with van der Waals surface area (Å²) in [5.41, 5.74) is 6.25. The molecule has 0 saturated heterocycles. The summed E-state index contributed by atoms with van der Waals surface area (Å²) in [6.07, 6.45) is -0.817. The third kappa shape index (κ3) is 7.33. The number of benzene rings is 1. The summed E-state index contributed by atoms with van der Waals surface area (Å²) in [7, 11) is 0. The van der Waals surface area contributed by atoms with Gasteiger partial charge in [-0.25, -0.2) is 8.78 Å². The Kier molecular flexibility index (Phi) is 8.24. The van der Waals surface area contributed by atoms with E-state index in [2.05, 4.69) is 10.6 Å². The molecule has 5 N–H and O–H groups in total. The molecule has 1 amide bonds. The fourth-order valence-corrected chi connectivity index (χ4v) is 2.14. The van der Waals surface area contributed by atoms with Crippen LogP contribution in [0.4, 0.5) is 8.78 Å². The minimum Gasteiger partial charge on any atom is -0.390 e. The van der Waals surface area contributed by atoms with Gasteiger partial charge in [-0.3, -0.25) is 4.79 Å². The molecule has 0 aliphatic heterocycles. The molecule has 0 saturated carbocycles. The second-order valence-corrected chi connectivity index (χ2v) is 6.48. The van der Waals surface area contributed by atoms with Gasteiger partial charge in [-0.15, -0.1) is 0 Å². The Bertz CT molecular complexity index is 520. The smallest absolute Gasteiger partial charge is 0.236 e. The number of halogens is 2. The number of hydrogen-bond donors (Lipinski definition) is 4. The van der Waals surface area contributed by atoms with Crippen LogP contribution in [0.15, 0.2) is 18.2 Å². The van der Waals surface area contributed by atoms with Crippen molar-refractivity contribution in [2.45, 2.75) is 45.4 Å². The zero-order chi connectivity index (χ0) is 18.3. The molecule has 0 bridgehead atoms. The summed E-state index contributed by atoms with van der Waals surface area (Å²) in [5, 5.41) is 15.8. The lowest BCUT2D eigenvalue weighted by Crippen LogP contribution is -2.49. The van der Waals surface area contributed by atoms with Crippen LogP contribution in [0.25, 0.3) is 0 Å². The first-order chi connectivity index (χ1) is 11.2. The fourth-order valence-electron chi connectivity index (χ4n) is 2.14. The summed E-state index contributed by atoms with van der Waals surface area (Å²) in [4.78, 5) is 11.8. The Labute approximate surface area is 141 Å². The number of carbonyl (C=O) groups excluding carboxylic acids is 1. The normalized spacial score (nSPS) is 15.2. The molecule has 0 heterocycles. The van der Waals surface area contributed by atoms with Gasteiger partial charge in [0.15, 0.2) is 0 Å². The van der Waals surface area contributed by atoms with E-state index in [9.17, 15) is 18.7 Å². The van der Waals surface area contributed by atoms with Crippen LogP contribution >= 0.6 is 0 Å². The Morgan fingerprint density at radius 2 is 1.75 bits per heavy atom. The second-order valence-electron chi connectivity index (χ2n) is 6.48. The van der Waals surface area contributed by atoms with E-state index in [1.54, 1.807) is 6.92 Å². The van der Waals surface area contributed by atoms with Crippen LogP contribution in [-0.4, -0.2) is 42.3 Å². The highest BCUT2D eigenvalue weighted by Crippen LogP contribution is 2.10. The number of aliphatic hydroxyl groups excluding tert-OH is 1. The number of aliphatic hydroxyl groups is 1. The lowest BCUT2D eigenvalue weighted by molar-refractivity contribution is -0.123. The molecule has 0 spiro atoms. The number of nitrogens with one attached hydrogen (secondary N) is 2. The Morgan fingerprint density at radius 1 is 1.17 bits per heavy atom. The molecule has 0 radical (unpaired) electrons. The van der Waals surface area contributed by atoms with Crippen molar-refractivity contribution in [2.75, 3.05) is 13.1 Å². The maximum Gasteiger partial charge on any atom is 0.236 e. The van der Waals surface area contributed by atoms with E-state index in [1.165, 1.54) is 12.1 Å². The van der Waals surface area contributed by atoms with E-state index in [0.29, 0.717) is 18.0 Å². The van der Waals surface area contributed by atoms with Crippen LogP contribution in [0, 0.1) is 17.6 Å². The molecule has 0 aliphatic rings. The van der Waals surface area contributed by atoms with E-state index in [1.807, 2.05) is 13.8 Å². The van der Waals surface area contributed by atoms with Crippen molar-refractivity contribution in [3.05, 3.63) is 35.4 Å². The van der Waals surface area contributed by atoms with Gasteiger partial charge in [-0.1, -0.05) is 13.8 Å². The topological polar surface area (TPSA) is 87.4 Å². The molecular formula is C17H27F2N3O2. The standard InChI is InChI=1S/C17H27F2N3O2/c1-10(2)8-22-17(24)11(3)21-9-16(23)15(20)6-12-4-13(18)7-14(19)5-12/h4-5,7,10-11,15-16,21,23H,6,8-9,20H2,1-3H3,(H,22,24)/t11?,15-,16+/m0/s1. The molecule has 7 heteroatoms. The molecule has 0 aliphatic carbocycles. The van der Waals surface area contributed by atoms with Crippen molar-refractivity contribution in [2.24, 2.45) is 11.7 Å². The van der Waals surface area contributed by atoms with Crippen LogP contribution in [0.5, 0.6) is 0 Å². The van der Waals surface area contributed by atoms with Gasteiger partial charge in [-0.05, 0) is 37.0 Å². The van der Waals surface area contributed by atoms with E-state index >= 15 is 0 Å². The van der Waals surface area contributed by atoms with Crippen molar-refractivity contribution < 1.29 is 18.7 Å². The maximum absolute atomic E-state index is 13.2. The number of amides is 1. The highest BCUT2D eigenvalue weighted by atomic mass is 19.1. The van der Waals surface area contributed by atoms with Crippen LogP contribution < -0.4 is 16.4 Å². The largest absolute Gasteiger partial charge is 0.390 e. The van der Waals surface area contributed by atoms with Crippen LogP contribution in [-0.2, 0) is 11.2 Å². The van der Waals surface area contributed by atoms with Crippen molar-refractivity contribution in [3.8, 4) is 0 Å². The van der Waals surface area contributed by atoms with Gasteiger partial charge in [-0.2, -0.15) is 0 Å². The van der Waals surface area contributed by atoms with E-state index < -0.39 is 29.8 Å². The van der Waals surface area contributed by atoms with Crippen LogP contribution in [0.2, 0.25) is 0 Å². The van der Waals surface area contributed by atoms with Gasteiger partial charge in [0, 0.05) is 25.2 Å². The van der Waals surface area contributed by atoms with Gasteiger partial charge in [0.2, 0.25) is 5.91 Å². The molecule has 0 fully saturated rings. The molecule has 3 atom stereocenters. The van der Waals surface area contributed by atoms with Gasteiger partial charge >= 0.3 is 0 Å². The lowest BCUT2D eigenvalue weighted by atomic mass is 10.0. The molecule has 24 heavy (non-hydrogen) atoms. The summed E-state index contributed by atoms with van der Waals surface area (Å²) in [6.45, 7) is 6.37. The molecular weight excluding hydrogens is 316 g/mol. The number of nitrogens with two attached hydrogens (primary N) is 1. The van der Waals surface area contributed by atoms with Gasteiger partial charge in [0.25, 0.3) is 0 Å². The fraction of sp³-hybridized carbons (Fsp3) is 0.588. The van der Waals surface area contributed by atoms with Crippen LogP contribution in [0.1, 0.15) is 26.3 Å². The third-order valence-electron chi connectivity index (χ3n) is 3.60. The zero-order valence-electron chi connectivity index (χ0n) is 14.4. The van der Waals surface area contributed by atoms with E-state index in [-0.39, 0.29) is 18.9 Å². The Hall–Kier alpha value is -1.57. The molecule has 1 aromatic carbocycles. The van der Waals surface area contributed by atoms with E-state index in [0.717, 1.165) is 6.07 Å². The summed E-state index contributed by atoms with van der Waals surface area (Å²) in [6, 6.07) is 1.97. The van der Waals surface area contributed by atoms with Crippen molar-refractivity contribution in [1.29, 1.82) is 0 Å². The molecule has 1 unspecified atom stereocenters. The molecule has 1 rings (SSSR count). The predicted molar refractivity (Wildman–Crippen MR) is 89.4 cm³/mol. The Balaban J connectivity index is 2.43. The molecule has 1 aromatic rings. The second kappa shape index (κ2) is 9.66. The maximum atomic E-state index is 13.2. The Morgan fingerprint density at radius 3 is 2.29 bits per heavy atom. The zero-order valence-corrected chi connectivity index (χ0v) is 14.4. The summed E-state index contributed by atoms with van der Waals surface area (Å²) in [5.74, 6) is -1.16. The highest BCUT2D eigenvalue weighted by Gasteiger charge is 2.19. The van der Waals surface area contributed by atoms with Gasteiger partial charge in [0.05, 0.1) is 12.1 Å². The number of rotatable bonds is 9. The van der Waals surface area contributed by atoms with Crippen molar-refractivity contribution >= 4 is 5.91 Å². The first kappa shape index (κ1) is 20.5. The van der Waals surface area contributed by atoms with E-state index in [4.69, 9.17) is 5.73 Å². The lowest BCUT2D eigenvalue weighted by Gasteiger charge is -2.22. The van der Waals surface area contributed by atoms with Crippen molar-refractivity contribution in [3.63, 3.8) is 0 Å². The highest BCUT2D eigenvalue weighted by molar-refractivity contribution is 5.81. The first-order valence-electron chi connectivity index (χ1n) is 8.08. The summed E-state index contributed by atoms with van der Waals surface area (Å²) < 4.78 is 26.3. The number of carbonyl (C=O) groups is 1. The minimum atomic E-state index is -0.948. The van der Waals surface area contributed by atoms with Crippen LogP contribution in [0.3, 0.4) is 0 Å². The van der Waals surface area contributed by atoms with Crippen molar-refractivity contribution in [1.82, 2.24) is 10.6 Å². The van der Waals surface area contributed by atoms with Gasteiger partial charge < -0.3 is 21.5 Å².